The second-order valence-corrected chi connectivity index (χ2v) is 5.78. The topological polar surface area (TPSA) is 85.6 Å². The van der Waals surface area contributed by atoms with Gasteiger partial charge in [0.25, 0.3) is 5.91 Å². The number of hydrogen-bond donors (Lipinski definition) is 1. The van der Waals surface area contributed by atoms with Crippen molar-refractivity contribution >= 4 is 21.8 Å². The fourth-order valence-corrected chi connectivity index (χ4v) is 2.48. The van der Waals surface area contributed by atoms with E-state index < -0.39 is 0 Å². The molecule has 0 aliphatic carbocycles. The summed E-state index contributed by atoms with van der Waals surface area (Å²) >= 11 is 3.42. The SMILES string of the molecule is CC(NC(=O)c1cccnc1)c1nnnn1-c1cccc(Br)c1. The maximum Gasteiger partial charge on any atom is 0.253 e. The van der Waals surface area contributed by atoms with E-state index >= 15 is 0 Å². The van der Waals surface area contributed by atoms with Crippen molar-refractivity contribution in [2.75, 3.05) is 0 Å². The summed E-state index contributed by atoms with van der Waals surface area (Å²) in [5.41, 5.74) is 1.29. The van der Waals surface area contributed by atoms with E-state index in [1.807, 2.05) is 31.2 Å². The Morgan fingerprint density at radius 1 is 1.30 bits per heavy atom. The van der Waals surface area contributed by atoms with Crippen molar-refractivity contribution in [1.29, 1.82) is 0 Å². The summed E-state index contributed by atoms with van der Waals surface area (Å²) in [5.74, 6) is 0.315. The molecule has 0 bridgehead atoms. The maximum atomic E-state index is 12.2. The van der Waals surface area contributed by atoms with Crippen LogP contribution in [0, 0.1) is 0 Å². The molecule has 23 heavy (non-hydrogen) atoms. The van der Waals surface area contributed by atoms with E-state index in [1.54, 1.807) is 23.0 Å². The molecule has 1 N–H and O–H groups in total. The first-order chi connectivity index (χ1) is 11.1. The molecule has 0 saturated carbocycles. The number of aromatic nitrogens is 5. The molecule has 8 heteroatoms. The van der Waals surface area contributed by atoms with Gasteiger partial charge < -0.3 is 5.32 Å². The molecule has 2 aromatic heterocycles. The van der Waals surface area contributed by atoms with Crippen LogP contribution in [0.3, 0.4) is 0 Å². The molecule has 116 valence electrons. The highest BCUT2D eigenvalue weighted by atomic mass is 79.9. The third-order valence-electron chi connectivity index (χ3n) is 3.21. The van der Waals surface area contributed by atoms with Gasteiger partial charge >= 0.3 is 0 Å². The van der Waals surface area contributed by atoms with Crippen molar-refractivity contribution in [2.24, 2.45) is 0 Å². The Bertz CT molecular complexity index is 820. The lowest BCUT2D eigenvalue weighted by molar-refractivity contribution is 0.0937. The monoisotopic (exact) mass is 372 g/mol. The highest BCUT2D eigenvalue weighted by Gasteiger charge is 2.18. The van der Waals surface area contributed by atoms with Crippen LogP contribution >= 0.6 is 15.9 Å². The number of hydrogen-bond acceptors (Lipinski definition) is 5. The Balaban J connectivity index is 1.83. The number of tetrazole rings is 1. The summed E-state index contributed by atoms with van der Waals surface area (Å²) < 4.78 is 2.52. The number of halogens is 1. The molecular weight excluding hydrogens is 360 g/mol. The maximum absolute atomic E-state index is 12.2. The Morgan fingerprint density at radius 3 is 2.91 bits per heavy atom. The molecule has 0 fully saturated rings. The summed E-state index contributed by atoms with van der Waals surface area (Å²) in [7, 11) is 0. The molecule has 0 aliphatic rings. The average molecular weight is 373 g/mol. The van der Waals surface area contributed by atoms with Crippen LogP contribution in [0.5, 0.6) is 0 Å². The van der Waals surface area contributed by atoms with Gasteiger partial charge in [-0.2, -0.15) is 4.68 Å². The van der Waals surface area contributed by atoms with Crippen LogP contribution in [0.1, 0.15) is 29.1 Å². The summed E-state index contributed by atoms with van der Waals surface area (Å²) in [5, 5.41) is 14.6. The Kier molecular flexibility index (Phi) is 4.42. The highest BCUT2D eigenvalue weighted by molar-refractivity contribution is 9.10. The van der Waals surface area contributed by atoms with Crippen molar-refractivity contribution in [3.8, 4) is 5.69 Å². The van der Waals surface area contributed by atoms with E-state index in [0.717, 1.165) is 10.2 Å². The molecule has 0 saturated heterocycles. The number of pyridine rings is 1. The molecule has 3 rings (SSSR count). The van der Waals surface area contributed by atoms with Crippen LogP contribution in [-0.2, 0) is 0 Å². The van der Waals surface area contributed by atoms with Gasteiger partial charge in [0.15, 0.2) is 5.82 Å². The summed E-state index contributed by atoms with van der Waals surface area (Å²) in [4.78, 5) is 16.2. The minimum Gasteiger partial charge on any atom is -0.342 e. The number of carbonyl (C=O) groups is 1. The number of nitrogens with one attached hydrogen (secondary N) is 1. The van der Waals surface area contributed by atoms with Crippen LogP contribution in [0.25, 0.3) is 5.69 Å². The first kappa shape index (κ1) is 15.3. The minimum atomic E-state index is -0.364. The number of carbonyl (C=O) groups excluding carboxylic acids is 1. The fraction of sp³-hybridized carbons (Fsp3) is 0.133. The van der Waals surface area contributed by atoms with Crippen LogP contribution in [0.2, 0.25) is 0 Å². The van der Waals surface area contributed by atoms with Gasteiger partial charge in [0.2, 0.25) is 0 Å². The zero-order valence-electron chi connectivity index (χ0n) is 12.2. The Hall–Kier alpha value is -2.61. The van der Waals surface area contributed by atoms with Crippen molar-refractivity contribution in [3.63, 3.8) is 0 Å². The van der Waals surface area contributed by atoms with E-state index in [2.05, 4.69) is 41.8 Å². The summed E-state index contributed by atoms with van der Waals surface area (Å²) in [6.07, 6.45) is 3.13. The average Bonchev–Trinajstić information content (AvgIpc) is 3.05. The van der Waals surface area contributed by atoms with Crippen LogP contribution in [0.4, 0.5) is 0 Å². The molecule has 1 amide bonds. The molecule has 0 aliphatic heterocycles. The van der Waals surface area contributed by atoms with Gasteiger partial charge in [-0.05, 0) is 47.7 Å². The molecule has 0 radical (unpaired) electrons. The third-order valence-corrected chi connectivity index (χ3v) is 3.70. The summed E-state index contributed by atoms with van der Waals surface area (Å²) in [6.45, 7) is 1.83. The highest BCUT2D eigenvalue weighted by Crippen LogP contribution is 2.18. The first-order valence-electron chi connectivity index (χ1n) is 6.90. The molecule has 3 aromatic rings. The van der Waals surface area contributed by atoms with E-state index in [0.29, 0.717) is 11.4 Å². The van der Waals surface area contributed by atoms with Gasteiger partial charge in [-0.3, -0.25) is 9.78 Å². The predicted molar refractivity (Wildman–Crippen MR) is 87.0 cm³/mol. The largest absolute Gasteiger partial charge is 0.342 e. The van der Waals surface area contributed by atoms with Gasteiger partial charge in [-0.25, -0.2) is 0 Å². The van der Waals surface area contributed by atoms with Crippen molar-refractivity contribution in [3.05, 3.63) is 64.7 Å². The fourth-order valence-electron chi connectivity index (χ4n) is 2.10. The molecule has 7 nitrogen and oxygen atoms in total. The Labute approximate surface area is 140 Å². The van der Waals surface area contributed by atoms with Gasteiger partial charge in [-0.15, -0.1) is 5.10 Å². The van der Waals surface area contributed by atoms with Gasteiger partial charge in [-0.1, -0.05) is 22.0 Å². The van der Waals surface area contributed by atoms with Crippen LogP contribution in [0.15, 0.2) is 53.3 Å². The van der Waals surface area contributed by atoms with Crippen molar-refractivity contribution in [2.45, 2.75) is 13.0 Å². The van der Waals surface area contributed by atoms with Gasteiger partial charge in [0.1, 0.15) is 0 Å². The Morgan fingerprint density at radius 2 is 2.17 bits per heavy atom. The zero-order chi connectivity index (χ0) is 16.2. The van der Waals surface area contributed by atoms with E-state index in [1.165, 1.54) is 6.20 Å². The molecular formula is C15H13BrN6O. The zero-order valence-corrected chi connectivity index (χ0v) is 13.8. The normalized spacial score (nSPS) is 11.9. The number of rotatable bonds is 4. The quantitative estimate of drug-likeness (QED) is 0.759. The van der Waals surface area contributed by atoms with Crippen LogP contribution in [-0.4, -0.2) is 31.1 Å². The second-order valence-electron chi connectivity index (χ2n) is 4.87. The van der Waals surface area contributed by atoms with E-state index in [4.69, 9.17) is 0 Å². The molecule has 2 heterocycles. The smallest absolute Gasteiger partial charge is 0.253 e. The van der Waals surface area contributed by atoms with Gasteiger partial charge in [0, 0.05) is 16.9 Å². The van der Waals surface area contributed by atoms with Crippen molar-refractivity contribution < 1.29 is 4.79 Å². The van der Waals surface area contributed by atoms with E-state index in [-0.39, 0.29) is 11.9 Å². The van der Waals surface area contributed by atoms with Crippen LogP contribution < -0.4 is 5.32 Å². The molecule has 1 aromatic carbocycles. The predicted octanol–water partition coefficient (Wildman–Crippen LogP) is 2.31. The lowest BCUT2D eigenvalue weighted by Gasteiger charge is -2.13. The molecule has 1 unspecified atom stereocenters. The molecule has 0 spiro atoms. The number of benzene rings is 1. The number of amides is 1. The lowest BCUT2D eigenvalue weighted by Crippen LogP contribution is -2.28. The standard InChI is InChI=1S/C15H13BrN6O/c1-10(18-15(23)11-4-3-7-17-9-11)14-19-20-21-22(14)13-6-2-5-12(16)8-13/h2-10H,1H3,(H,18,23). The first-order valence-corrected chi connectivity index (χ1v) is 7.69. The number of nitrogens with zero attached hydrogens (tertiary/aromatic N) is 5. The molecule has 1 atom stereocenters. The lowest BCUT2D eigenvalue weighted by atomic mass is 10.2. The second kappa shape index (κ2) is 6.66. The summed E-state index contributed by atoms with van der Waals surface area (Å²) in [6, 6.07) is 10.6. The van der Waals surface area contributed by atoms with Gasteiger partial charge in [0.05, 0.1) is 17.3 Å². The third kappa shape index (κ3) is 3.42. The van der Waals surface area contributed by atoms with Crippen molar-refractivity contribution in [1.82, 2.24) is 30.5 Å². The minimum absolute atomic E-state index is 0.227. The van der Waals surface area contributed by atoms with E-state index in [9.17, 15) is 4.79 Å².